The van der Waals surface area contributed by atoms with Crippen LogP contribution >= 0.6 is 0 Å². The highest BCUT2D eigenvalue weighted by Gasteiger charge is 2.26. The molecule has 176 valence electrons. The second-order valence-electron chi connectivity index (χ2n) is 8.42. The largest absolute Gasteiger partial charge is 0.477 e. The molecule has 0 aliphatic carbocycles. The fraction of sp³-hybridized carbons (Fsp3) is 0.148. The molecule has 0 spiro atoms. The SMILES string of the molecule is O=C(O)c1cn(-c2ccc(F)cc2)c2cc(N3CCC(N=Cc4ccccc4)C3)c(F)cc2c1=O. The van der Waals surface area contributed by atoms with Crippen LogP contribution in [0.4, 0.5) is 14.5 Å². The van der Waals surface area contributed by atoms with E-state index in [4.69, 9.17) is 0 Å². The van der Waals surface area contributed by atoms with Crippen molar-refractivity contribution < 1.29 is 18.7 Å². The highest BCUT2D eigenvalue weighted by Crippen LogP contribution is 2.30. The number of halogens is 2. The molecule has 1 atom stereocenters. The van der Waals surface area contributed by atoms with Crippen molar-refractivity contribution in [1.82, 2.24) is 4.57 Å². The molecule has 1 unspecified atom stereocenters. The maximum atomic E-state index is 15.2. The Labute approximate surface area is 199 Å². The van der Waals surface area contributed by atoms with Crippen molar-refractivity contribution in [3.8, 4) is 5.69 Å². The van der Waals surface area contributed by atoms with E-state index in [2.05, 4.69) is 4.99 Å². The number of anilines is 1. The molecule has 1 N–H and O–H groups in total. The first kappa shape index (κ1) is 22.5. The van der Waals surface area contributed by atoms with Gasteiger partial charge in [0, 0.05) is 36.6 Å². The number of rotatable bonds is 5. The van der Waals surface area contributed by atoms with Gasteiger partial charge in [0.05, 0.1) is 17.2 Å². The second-order valence-corrected chi connectivity index (χ2v) is 8.42. The first-order valence-electron chi connectivity index (χ1n) is 11.1. The summed E-state index contributed by atoms with van der Waals surface area (Å²) in [5.41, 5.74) is 0.796. The molecule has 5 rings (SSSR count). The minimum absolute atomic E-state index is 0.0148. The Morgan fingerprint density at radius 1 is 1.06 bits per heavy atom. The molecule has 4 aromatic rings. The predicted molar refractivity (Wildman–Crippen MR) is 131 cm³/mol. The zero-order valence-electron chi connectivity index (χ0n) is 18.6. The van der Waals surface area contributed by atoms with Gasteiger partial charge in [0.2, 0.25) is 5.43 Å². The van der Waals surface area contributed by atoms with Gasteiger partial charge < -0.3 is 14.6 Å². The molecule has 0 bridgehead atoms. The summed E-state index contributed by atoms with van der Waals surface area (Å²) in [4.78, 5) is 31.0. The van der Waals surface area contributed by atoms with Crippen LogP contribution in [0.25, 0.3) is 16.6 Å². The van der Waals surface area contributed by atoms with E-state index in [0.717, 1.165) is 18.1 Å². The third-order valence-corrected chi connectivity index (χ3v) is 6.15. The molecular weight excluding hydrogens is 452 g/mol. The first-order chi connectivity index (χ1) is 16.9. The smallest absolute Gasteiger partial charge is 0.341 e. The fourth-order valence-electron chi connectivity index (χ4n) is 4.36. The van der Waals surface area contributed by atoms with Gasteiger partial charge in [0.1, 0.15) is 17.2 Å². The zero-order valence-corrected chi connectivity index (χ0v) is 18.6. The number of aromatic nitrogens is 1. The quantitative estimate of drug-likeness (QED) is 0.428. The average Bonchev–Trinajstić information content (AvgIpc) is 3.33. The van der Waals surface area contributed by atoms with Crippen molar-refractivity contribution in [1.29, 1.82) is 0 Å². The number of aromatic carboxylic acids is 1. The van der Waals surface area contributed by atoms with Crippen LogP contribution in [-0.2, 0) is 0 Å². The van der Waals surface area contributed by atoms with E-state index in [1.807, 2.05) is 41.4 Å². The Kier molecular flexibility index (Phi) is 5.86. The lowest BCUT2D eigenvalue weighted by Crippen LogP contribution is -2.23. The Balaban J connectivity index is 1.56. The lowest BCUT2D eigenvalue weighted by atomic mass is 10.1. The van der Waals surface area contributed by atoms with E-state index >= 15 is 4.39 Å². The number of hydrogen-bond acceptors (Lipinski definition) is 4. The normalized spacial score (nSPS) is 15.8. The molecule has 1 aliphatic heterocycles. The van der Waals surface area contributed by atoms with Crippen molar-refractivity contribution in [2.24, 2.45) is 4.99 Å². The number of hydrogen-bond donors (Lipinski definition) is 1. The second kappa shape index (κ2) is 9.13. The number of benzene rings is 3. The maximum absolute atomic E-state index is 15.2. The van der Waals surface area contributed by atoms with E-state index < -0.39 is 28.6 Å². The van der Waals surface area contributed by atoms with E-state index in [0.29, 0.717) is 30.0 Å². The van der Waals surface area contributed by atoms with E-state index in [9.17, 15) is 19.1 Å². The Morgan fingerprint density at radius 2 is 1.80 bits per heavy atom. The van der Waals surface area contributed by atoms with E-state index in [1.54, 1.807) is 6.07 Å². The van der Waals surface area contributed by atoms with Crippen LogP contribution in [0.2, 0.25) is 0 Å². The minimum atomic E-state index is -1.42. The van der Waals surface area contributed by atoms with Crippen molar-refractivity contribution >= 4 is 28.8 Å². The number of carboxylic acids is 1. The number of carboxylic acid groups (broad SMARTS) is 1. The summed E-state index contributed by atoms with van der Waals surface area (Å²) in [5.74, 6) is -2.49. The molecule has 0 radical (unpaired) electrons. The molecule has 6 nitrogen and oxygen atoms in total. The van der Waals surface area contributed by atoms with Gasteiger partial charge in [-0.3, -0.25) is 9.79 Å². The van der Waals surface area contributed by atoms with Gasteiger partial charge in [-0.2, -0.15) is 0 Å². The standard InChI is InChI=1S/C27H21F2N3O3/c28-18-6-8-20(9-7-18)32-16-22(27(34)35)26(33)21-12-23(29)25(13-24(21)32)31-11-10-19(15-31)30-14-17-4-2-1-3-5-17/h1-9,12-14,16,19H,10-11,15H2,(H,34,35). The summed E-state index contributed by atoms with van der Waals surface area (Å²) < 4.78 is 30.2. The number of fused-ring (bicyclic) bond motifs is 1. The summed E-state index contributed by atoms with van der Waals surface area (Å²) in [7, 11) is 0. The van der Waals surface area contributed by atoms with Crippen molar-refractivity contribution in [2.75, 3.05) is 18.0 Å². The third-order valence-electron chi connectivity index (χ3n) is 6.15. The lowest BCUT2D eigenvalue weighted by molar-refractivity contribution is 0.0695. The molecule has 1 fully saturated rings. The van der Waals surface area contributed by atoms with Gasteiger partial charge in [0.25, 0.3) is 0 Å². The van der Waals surface area contributed by atoms with Crippen LogP contribution in [0, 0.1) is 11.6 Å². The monoisotopic (exact) mass is 473 g/mol. The molecule has 1 aliphatic rings. The van der Waals surface area contributed by atoms with Crippen LogP contribution < -0.4 is 10.3 Å². The summed E-state index contributed by atoms with van der Waals surface area (Å²) in [6.45, 7) is 1.08. The molecule has 0 saturated carbocycles. The van der Waals surface area contributed by atoms with Crippen LogP contribution in [-0.4, -0.2) is 41.0 Å². The van der Waals surface area contributed by atoms with Crippen LogP contribution in [0.3, 0.4) is 0 Å². The lowest BCUT2D eigenvalue weighted by Gasteiger charge is -2.21. The molecule has 35 heavy (non-hydrogen) atoms. The van der Waals surface area contributed by atoms with E-state index in [-0.39, 0.29) is 11.4 Å². The van der Waals surface area contributed by atoms with Crippen molar-refractivity contribution in [2.45, 2.75) is 12.5 Å². The molecule has 1 saturated heterocycles. The molecule has 1 aromatic heterocycles. The van der Waals surface area contributed by atoms with Crippen molar-refractivity contribution in [3.63, 3.8) is 0 Å². The summed E-state index contributed by atoms with van der Waals surface area (Å²) >= 11 is 0. The number of aliphatic imine (C=N–C) groups is 1. The van der Waals surface area contributed by atoms with Crippen LogP contribution in [0.5, 0.6) is 0 Å². The summed E-state index contributed by atoms with van der Waals surface area (Å²) in [6.07, 6.45) is 3.74. The number of carbonyl (C=O) groups is 1. The average molecular weight is 473 g/mol. The molecule has 3 aromatic carbocycles. The summed E-state index contributed by atoms with van der Waals surface area (Å²) in [6, 6.07) is 17.7. The fourth-order valence-corrected chi connectivity index (χ4v) is 4.36. The predicted octanol–water partition coefficient (Wildman–Crippen LogP) is 4.66. The Morgan fingerprint density at radius 3 is 2.51 bits per heavy atom. The Hall–Kier alpha value is -4.33. The molecule has 0 amide bonds. The Bertz CT molecular complexity index is 1500. The van der Waals surface area contributed by atoms with Crippen LogP contribution in [0.15, 0.2) is 82.7 Å². The highest BCUT2D eigenvalue weighted by atomic mass is 19.1. The summed E-state index contributed by atoms with van der Waals surface area (Å²) in [5, 5.41) is 9.45. The van der Waals surface area contributed by atoms with Gasteiger partial charge >= 0.3 is 5.97 Å². The van der Waals surface area contributed by atoms with Crippen LogP contribution in [0.1, 0.15) is 22.3 Å². The maximum Gasteiger partial charge on any atom is 0.341 e. The van der Waals surface area contributed by atoms with Gasteiger partial charge in [-0.25, -0.2) is 13.6 Å². The van der Waals surface area contributed by atoms with Crippen molar-refractivity contribution in [3.05, 3.63) is 106 Å². The van der Waals surface area contributed by atoms with Gasteiger partial charge in [0.15, 0.2) is 0 Å². The van der Waals surface area contributed by atoms with Gasteiger partial charge in [-0.15, -0.1) is 0 Å². The molecule has 2 heterocycles. The van der Waals surface area contributed by atoms with Gasteiger partial charge in [-0.1, -0.05) is 30.3 Å². The zero-order chi connectivity index (χ0) is 24.5. The van der Waals surface area contributed by atoms with Gasteiger partial charge in [-0.05, 0) is 48.4 Å². The highest BCUT2D eigenvalue weighted by molar-refractivity contribution is 5.94. The third kappa shape index (κ3) is 4.42. The number of pyridine rings is 1. The molecule has 8 heteroatoms. The molecular formula is C27H21F2N3O3. The number of nitrogens with zero attached hydrogens (tertiary/aromatic N) is 3. The minimum Gasteiger partial charge on any atom is -0.477 e. The van der Waals surface area contributed by atoms with E-state index in [1.165, 1.54) is 35.0 Å². The topological polar surface area (TPSA) is 74.9 Å². The first-order valence-corrected chi connectivity index (χ1v) is 11.1.